The molecule has 0 bridgehead atoms. The highest BCUT2D eigenvalue weighted by Crippen LogP contribution is 2.39. The van der Waals surface area contributed by atoms with Gasteiger partial charge in [-0.05, 0) is 31.2 Å². The highest BCUT2D eigenvalue weighted by molar-refractivity contribution is 7.98. The van der Waals surface area contributed by atoms with Crippen molar-refractivity contribution >= 4 is 23.1 Å². The van der Waals surface area contributed by atoms with Crippen LogP contribution in [0.1, 0.15) is 55.7 Å². The predicted octanol–water partition coefficient (Wildman–Crippen LogP) is 5.46. The van der Waals surface area contributed by atoms with Gasteiger partial charge in [-0.3, -0.25) is 0 Å². The van der Waals surface area contributed by atoms with Crippen LogP contribution in [0.5, 0.6) is 0 Å². The molecular weight excluding hydrogens is 348 g/mol. The van der Waals surface area contributed by atoms with E-state index in [-0.39, 0.29) is 0 Å². The van der Waals surface area contributed by atoms with E-state index in [1.54, 1.807) is 23.1 Å². The summed E-state index contributed by atoms with van der Waals surface area (Å²) in [5.74, 6) is 2.42. The monoisotopic (exact) mass is 370 g/mol. The van der Waals surface area contributed by atoms with E-state index in [0.29, 0.717) is 12.0 Å². The first-order valence-corrected chi connectivity index (χ1v) is 10.6. The van der Waals surface area contributed by atoms with E-state index in [2.05, 4.69) is 58.3 Å². The molecule has 0 atom stereocenters. The second-order valence-corrected chi connectivity index (χ2v) is 8.64. The van der Waals surface area contributed by atoms with Crippen LogP contribution in [0.2, 0.25) is 0 Å². The smallest absolute Gasteiger partial charge is 0.191 e. The summed E-state index contributed by atoms with van der Waals surface area (Å²) in [5.41, 5.74) is 3.68. The van der Waals surface area contributed by atoms with Gasteiger partial charge in [0.1, 0.15) is 10.8 Å². The van der Waals surface area contributed by atoms with Gasteiger partial charge in [-0.2, -0.15) is 0 Å². The molecule has 0 unspecified atom stereocenters. The summed E-state index contributed by atoms with van der Waals surface area (Å²) in [6.07, 6.45) is 2.50. The van der Waals surface area contributed by atoms with Crippen LogP contribution in [-0.4, -0.2) is 19.7 Å². The quantitative estimate of drug-likeness (QED) is 0.540. The Morgan fingerprint density at radius 3 is 2.64 bits per heavy atom. The zero-order chi connectivity index (χ0) is 17.4. The molecule has 0 aliphatic heterocycles. The van der Waals surface area contributed by atoms with E-state index in [0.717, 1.165) is 27.4 Å². The third kappa shape index (κ3) is 3.65. The Morgan fingerprint density at radius 2 is 1.96 bits per heavy atom. The molecule has 6 heteroatoms. The van der Waals surface area contributed by atoms with Crippen LogP contribution in [0, 0.1) is 6.92 Å². The van der Waals surface area contributed by atoms with Gasteiger partial charge in [-0.25, -0.2) is 4.98 Å². The van der Waals surface area contributed by atoms with Gasteiger partial charge in [0.25, 0.3) is 0 Å². The maximum atomic E-state index is 4.81. The van der Waals surface area contributed by atoms with Gasteiger partial charge in [0.2, 0.25) is 0 Å². The maximum Gasteiger partial charge on any atom is 0.191 e. The zero-order valence-corrected chi connectivity index (χ0v) is 16.4. The Kier molecular flexibility index (Phi) is 4.65. The molecule has 25 heavy (non-hydrogen) atoms. The van der Waals surface area contributed by atoms with Crippen LogP contribution in [-0.2, 0) is 5.75 Å². The van der Waals surface area contributed by atoms with Gasteiger partial charge in [-0.15, -0.1) is 21.5 Å². The van der Waals surface area contributed by atoms with Gasteiger partial charge in [0.15, 0.2) is 5.16 Å². The van der Waals surface area contributed by atoms with E-state index in [1.165, 1.54) is 24.0 Å². The number of nitrogens with zero attached hydrogens (tertiary/aromatic N) is 4. The fourth-order valence-electron chi connectivity index (χ4n) is 2.86. The highest BCUT2D eigenvalue weighted by Gasteiger charge is 2.28. The van der Waals surface area contributed by atoms with E-state index < -0.39 is 0 Å². The van der Waals surface area contributed by atoms with Crippen LogP contribution in [0.3, 0.4) is 0 Å². The molecule has 1 saturated carbocycles. The van der Waals surface area contributed by atoms with Crippen LogP contribution >= 0.6 is 23.1 Å². The van der Waals surface area contributed by atoms with E-state index >= 15 is 0 Å². The number of hydrogen-bond acceptors (Lipinski definition) is 5. The molecular formula is C19H22N4S2. The van der Waals surface area contributed by atoms with E-state index in [4.69, 9.17) is 4.98 Å². The lowest BCUT2D eigenvalue weighted by molar-refractivity contribution is 0.644. The van der Waals surface area contributed by atoms with E-state index in [9.17, 15) is 0 Å². The Bertz CT molecular complexity index is 860. The van der Waals surface area contributed by atoms with Crippen molar-refractivity contribution in [2.75, 3.05) is 0 Å². The summed E-state index contributed by atoms with van der Waals surface area (Å²) in [5, 5.41) is 12.8. The number of benzene rings is 1. The standard InChI is InChI=1S/C19H22N4S2/c1-12(2)14-4-6-15(7-5-14)18-20-16(10-24-18)11-25-19-22-21-13(3)23(19)17-8-9-17/h4-7,10,12,17H,8-9,11H2,1-3H3. The summed E-state index contributed by atoms with van der Waals surface area (Å²) < 4.78 is 2.28. The molecule has 0 N–H and O–H groups in total. The summed E-state index contributed by atoms with van der Waals surface area (Å²) in [6.45, 7) is 6.47. The first kappa shape index (κ1) is 16.8. The molecule has 1 aliphatic rings. The van der Waals surface area contributed by atoms with Gasteiger partial charge in [-0.1, -0.05) is 49.9 Å². The number of thioether (sulfide) groups is 1. The minimum atomic E-state index is 0.560. The number of aryl methyl sites for hydroxylation is 1. The maximum absolute atomic E-state index is 4.81. The third-order valence-corrected chi connectivity index (χ3v) is 6.39. The van der Waals surface area contributed by atoms with Gasteiger partial charge >= 0.3 is 0 Å². The lowest BCUT2D eigenvalue weighted by Gasteiger charge is -2.05. The second-order valence-electron chi connectivity index (χ2n) is 6.84. The molecule has 0 saturated heterocycles. The Balaban J connectivity index is 1.45. The molecule has 0 amide bonds. The lowest BCUT2D eigenvalue weighted by Crippen LogP contribution is -1.99. The minimum absolute atomic E-state index is 0.560. The van der Waals surface area contributed by atoms with Crippen molar-refractivity contribution in [3.63, 3.8) is 0 Å². The Morgan fingerprint density at radius 1 is 1.20 bits per heavy atom. The molecule has 1 fully saturated rings. The number of thiazole rings is 1. The number of rotatable bonds is 6. The molecule has 2 aromatic heterocycles. The molecule has 1 aliphatic carbocycles. The molecule has 3 aromatic rings. The molecule has 1 aromatic carbocycles. The first-order chi connectivity index (χ1) is 12.1. The van der Waals surface area contributed by atoms with Crippen molar-refractivity contribution in [1.29, 1.82) is 0 Å². The molecule has 4 nitrogen and oxygen atoms in total. The van der Waals surface area contributed by atoms with Crippen LogP contribution in [0.15, 0.2) is 34.8 Å². The van der Waals surface area contributed by atoms with Gasteiger partial charge < -0.3 is 4.57 Å². The lowest BCUT2D eigenvalue weighted by atomic mass is 10.0. The number of aromatic nitrogens is 4. The van der Waals surface area contributed by atoms with Crippen molar-refractivity contribution in [2.45, 2.75) is 56.5 Å². The van der Waals surface area contributed by atoms with Crippen molar-refractivity contribution in [2.24, 2.45) is 0 Å². The summed E-state index contributed by atoms with van der Waals surface area (Å²) in [6, 6.07) is 9.38. The summed E-state index contributed by atoms with van der Waals surface area (Å²) in [7, 11) is 0. The van der Waals surface area contributed by atoms with Crippen LogP contribution in [0.25, 0.3) is 10.6 Å². The van der Waals surface area contributed by atoms with E-state index in [1.807, 2.05) is 6.92 Å². The fourth-order valence-corrected chi connectivity index (χ4v) is 4.73. The largest absolute Gasteiger partial charge is 0.303 e. The minimum Gasteiger partial charge on any atom is -0.303 e. The molecule has 0 spiro atoms. The van der Waals surface area contributed by atoms with Crippen LogP contribution < -0.4 is 0 Å². The van der Waals surface area contributed by atoms with Crippen molar-refractivity contribution < 1.29 is 0 Å². The third-order valence-electron chi connectivity index (χ3n) is 4.47. The molecule has 4 rings (SSSR count). The second kappa shape index (κ2) is 6.92. The highest BCUT2D eigenvalue weighted by atomic mass is 32.2. The molecule has 0 radical (unpaired) electrons. The number of hydrogen-bond donors (Lipinski definition) is 0. The van der Waals surface area contributed by atoms with Crippen LogP contribution in [0.4, 0.5) is 0 Å². The Hall–Kier alpha value is -1.66. The molecule has 2 heterocycles. The van der Waals surface area contributed by atoms with Crippen molar-refractivity contribution in [3.8, 4) is 10.6 Å². The Labute approximate surface area is 156 Å². The van der Waals surface area contributed by atoms with Crippen molar-refractivity contribution in [3.05, 3.63) is 46.7 Å². The topological polar surface area (TPSA) is 43.6 Å². The zero-order valence-electron chi connectivity index (χ0n) is 14.8. The predicted molar refractivity (Wildman–Crippen MR) is 104 cm³/mol. The van der Waals surface area contributed by atoms with Gasteiger partial charge in [0, 0.05) is 22.7 Å². The SMILES string of the molecule is Cc1nnc(SCc2csc(-c3ccc(C(C)C)cc3)n2)n1C1CC1. The summed E-state index contributed by atoms with van der Waals surface area (Å²) >= 11 is 3.45. The average Bonchev–Trinajstić information content (AvgIpc) is 3.21. The molecule has 130 valence electrons. The normalized spacial score (nSPS) is 14.4. The average molecular weight is 371 g/mol. The first-order valence-electron chi connectivity index (χ1n) is 8.71. The van der Waals surface area contributed by atoms with Gasteiger partial charge in [0.05, 0.1) is 5.69 Å². The summed E-state index contributed by atoms with van der Waals surface area (Å²) in [4.78, 5) is 4.81. The van der Waals surface area contributed by atoms with Crippen molar-refractivity contribution in [1.82, 2.24) is 19.7 Å². The fraction of sp³-hybridized carbons (Fsp3) is 0.421.